The number of rotatable bonds is 6. The Kier molecular flexibility index (Phi) is 6.45. The molecule has 0 aliphatic carbocycles. The predicted octanol–water partition coefficient (Wildman–Crippen LogP) is 1.65. The average molecular weight is 241 g/mol. The van der Waals surface area contributed by atoms with E-state index >= 15 is 0 Å². The van der Waals surface area contributed by atoms with Crippen LogP contribution < -0.4 is 5.32 Å². The van der Waals surface area contributed by atoms with Crippen molar-refractivity contribution in [3.8, 4) is 0 Å². The second-order valence-electron chi connectivity index (χ2n) is 5.87. The summed E-state index contributed by atoms with van der Waals surface area (Å²) in [6.07, 6.45) is 0. The van der Waals surface area contributed by atoms with E-state index in [0.29, 0.717) is 12.1 Å². The maximum absolute atomic E-state index is 3.57. The van der Waals surface area contributed by atoms with Gasteiger partial charge in [-0.25, -0.2) is 0 Å². The Morgan fingerprint density at radius 3 is 2.41 bits per heavy atom. The van der Waals surface area contributed by atoms with Gasteiger partial charge in [0.1, 0.15) is 0 Å². The van der Waals surface area contributed by atoms with Gasteiger partial charge < -0.3 is 5.32 Å². The maximum Gasteiger partial charge on any atom is 0.0195 e. The molecule has 1 aliphatic rings. The summed E-state index contributed by atoms with van der Waals surface area (Å²) in [7, 11) is 0. The molecule has 0 radical (unpaired) electrons. The molecule has 0 bridgehead atoms. The van der Waals surface area contributed by atoms with Crippen molar-refractivity contribution in [2.75, 3.05) is 39.3 Å². The highest BCUT2D eigenvalue weighted by Gasteiger charge is 2.25. The zero-order valence-electron chi connectivity index (χ0n) is 12.4. The van der Waals surface area contributed by atoms with E-state index in [4.69, 9.17) is 0 Å². The molecule has 1 rings (SSSR count). The average Bonchev–Trinajstić information content (AvgIpc) is 2.28. The van der Waals surface area contributed by atoms with Gasteiger partial charge >= 0.3 is 0 Å². The molecule has 1 N–H and O–H groups in total. The van der Waals surface area contributed by atoms with Crippen LogP contribution in [0.25, 0.3) is 0 Å². The van der Waals surface area contributed by atoms with Crippen LogP contribution in [-0.4, -0.2) is 61.2 Å². The topological polar surface area (TPSA) is 18.5 Å². The summed E-state index contributed by atoms with van der Waals surface area (Å²) in [6, 6.07) is 1.37. The van der Waals surface area contributed by atoms with Crippen molar-refractivity contribution in [3.63, 3.8) is 0 Å². The van der Waals surface area contributed by atoms with Gasteiger partial charge in [0, 0.05) is 38.3 Å². The molecule has 0 saturated carbocycles. The van der Waals surface area contributed by atoms with E-state index in [1.54, 1.807) is 0 Å². The first-order valence-electron chi connectivity index (χ1n) is 7.23. The van der Waals surface area contributed by atoms with Gasteiger partial charge in [0.15, 0.2) is 0 Å². The third-order valence-corrected chi connectivity index (χ3v) is 3.82. The summed E-state index contributed by atoms with van der Waals surface area (Å²) in [4.78, 5) is 5.20. The lowest BCUT2D eigenvalue weighted by Crippen LogP contribution is -2.55. The van der Waals surface area contributed by atoms with Crippen molar-refractivity contribution < 1.29 is 0 Å². The van der Waals surface area contributed by atoms with Crippen LogP contribution >= 0.6 is 0 Å². The SMILES string of the molecule is CCN1CCN(C(C)CNCC(C)C)CC1C. The normalized spacial score (nSPS) is 25.4. The minimum Gasteiger partial charge on any atom is -0.315 e. The Labute approximate surface area is 108 Å². The van der Waals surface area contributed by atoms with Crippen molar-refractivity contribution in [2.24, 2.45) is 5.92 Å². The van der Waals surface area contributed by atoms with Crippen molar-refractivity contribution >= 4 is 0 Å². The molecule has 1 saturated heterocycles. The Balaban J connectivity index is 2.26. The van der Waals surface area contributed by atoms with E-state index in [1.165, 1.54) is 26.2 Å². The fraction of sp³-hybridized carbons (Fsp3) is 1.00. The zero-order valence-corrected chi connectivity index (χ0v) is 12.4. The quantitative estimate of drug-likeness (QED) is 0.763. The molecule has 3 heteroatoms. The highest BCUT2D eigenvalue weighted by atomic mass is 15.3. The minimum absolute atomic E-state index is 0.662. The number of hydrogen-bond acceptors (Lipinski definition) is 3. The Morgan fingerprint density at radius 1 is 1.18 bits per heavy atom. The summed E-state index contributed by atoms with van der Waals surface area (Å²) in [6.45, 7) is 18.6. The molecule has 0 spiro atoms. The molecule has 1 aliphatic heterocycles. The number of nitrogens with one attached hydrogen (secondary N) is 1. The second-order valence-corrected chi connectivity index (χ2v) is 5.87. The smallest absolute Gasteiger partial charge is 0.0195 e. The number of nitrogens with zero attached hydrogens (tertiary/aromatic N) is 2. The van der Waals surface area contributed by atoms with Gasteiger partial charge in [-0.3, -0.25) is 9.80 Å². The third-order valence-electron chi connectivity index (χ3n) is 3.82. The fourth-order valence-electron chi connectivity index (χ4n) is 2.60. The van der Waals surface area contributed by atoms with E-state index in [-0.39, 0.29) is 0 Å². The van der Waals surface area contributed by atoms with Gasteiger partial charge in [-0.2, -0.15) is 0 Å². The predicted molar refractivity (Wildman–Crippen MR) is 75.5 cm³/mol. The molecule has 3 nitrogen and oxygen atoms in total. The lowest BCUT2D eigenvalue weighted by molar-refractivity contribution is 0.0635. The van der Waals surface area contributed by atoms with E-state index in [9.17, 15) is 0 Å². The van der Waals surface area contributed by atoms with Crippen LogP contribution in [0.5, 0.6) is 0 Å². The van der Waals surface area contributed by atoms with Crippen LogP contribution in [-0.2, 0) is 0 Å². The van der Waals surface area contributed by atoms with Crippen molar-refractivity contribution in [2.45, 2.75) is 46.7 Å². The molecule has 102 valence electrons. The molecule has 1 heterocycles. The minimum atomic E-state index is 0.662. The monoisotopic (exact) mass is 241 g/mol. The van der Waals surface area contributed by atoms with E-state index in [2.05, 4.69) is 49.7 Å². The molecule has 0 aromatic rings. The first-order chi connectivity index (χ1) is 8.04. The Hall–Kier alpha value is -0.120. The number of piperazine rings is 1. The van der Waals surface area contributed by atoms with Crippen molar-refractivity contribution in [1.29, 1.82) is 0 Å². The molecular weight excluding hydrogens is 210 g/mol. The Morgan fingerprint density at radius 2 is 1.88 bits per heavy atom. The summed E-state index contributed by atoms with van der Waals surface area (Å²) >= 11 is 0. The molecule has 17 heavy (non-hydrogen) atoms. The number of hydrogen-bond donors (Lipinski definition) is 1. The van der Waals surface area contributed by atoms with E-state index in [1.807, 2.05) is 0 Å². The lowest BCUT2D eigenvalue weighted by atomic mass is 10.1. The molecule has 0 amide bonds. The highest BCUT2D eigenvalue weighted by Crippen LogP contribution is 2.11. The second kappa shape index (κ2) is 7.34. The van der Waals surface area contributed by atoms with E-state index < -0.39 is 0 Å². The van der Waals surface area contributed by atoms with Crippen molar-refractivity contribution in [3.05, 3.63) is 0 Å². The first kappa shape index (κ1) is 14.9. The summed E-state index contributed by atoms with van der Waals surface area (Å²) < 4.78 is 0. The Bertz CT molecular complexity index is 206. The standard InChI is InChI=1S/C14H31N3/c1-6-16-7-8-17(11-14(16)5)13(4)10-15-9-12(2)3/h12-15H,6-11H2,1-5H3. The van der Waals surface area contributed by atoms with Crippen LogP contribution in [0.15, 0.2) is 0 Å². The third kappa shape index (κ3) is 4.94. The van der Waals surface area contributed by atoms with Crippen molar-refractivity contribution in [1.82, 2.24) is 15.1 Å². The first-order valence-corrected chi connectivity index (χ1v) is 7.23. The molecule has 0 aromatic carbocycles. The molecule has 1 fully saturated rings. The number of likely N-dealkylation sites (N-methyl/N-ethyl adjacent to an activating group) is 1. The van der Waals surface area contributed by atoms with Crippen LogP contribution in [0, 0.1) is 5.92 Å². The van der Waals surface area contributed by atoms with Gasteiger partial charge in [-0.15, -0.1) is 0 Å². The molecular formula is C14H31N3. The maximum atomic E-state index is 3.57. The van der Waals surface area contributed by atoms with Gasteiger partial charge in [0.05, 0.1) is 0 Å². The highest BCUT2D eigenvalue weighted by molar-refractivity contribution is 4.82. The molecule has 2 atom stereocenters. The molecule has 0 aromatic heterocycles. The molecule has 2 unspecified atom stereocenters. The van der Waals surface area contributed by atoms with Crippen LogP contribution in [0.4, 0.5) is 0 Å². The lowest BCUT2D eigenvalue weighted by Gasteiger charge is -2.42. The van der Waals surface area contributed by atoms with Gasteiger partial charge in [0.2, 0.25) is 0 Å². The van der Waals surface area contributed by atoms with Crippen LogP contribution in [0.2, 0.25) is 0 Å². The zero-order chi connectivity index (χ0) is 12.8. The fourth-order valence-corrected chi connectivity index (χ4v) is 2.60. The summed E-state index contributed by atoms with van der Waals surface area (Å²) in [5, 5.41) is 3.57. The summed E-state index contributed by atoms with van der Waals surface area (Å²) in [5.41, 5.74) is 0. The van der Waals surface area contributed by atoms with Crippen LogP contribution in [0.1, 0.15) is 34.6 Å². The largest absolute Gasteiger partial charge is 0.315 e. The summed E-state index contributed by atoms with van der Waals surface area (Å²) in [5.74, 6) is 0.748. The van der Waals surface area contributed by atoms with Gasteiger partial charge in [0.25, 0.3) is 0 Å². The van der Waals surface area contributed by atoms with Gasteiger partial charge in [-0.1, -0.05) is 20.8 Å². The van der Waals surface area contributed by atoms with Crippen LogP contribution in [0.3, 0.4) is 0 Å². The van der Waals surface area contributed by atoms with E-state index in [0.717, 1.165) is 19.0 Å². The van der Waals surface area contributed by atoms with Gasteiger partial charge in [-0.05, 0) is 32.9 Å².